The van der Waals surface area contributed by atoms with Gasteiger partial charge in [-0.25, -0.2) is 0 Å². The minimum atomic E-state index is 1.03. The predicted octanol–water partition coefficient (Wildman–Crippen LogP) is 22.1. The van der Waals surface area contributed by atoms with Crippen molar-refractivity contribution in [2.45, 2.75) is 12.8 Å². The summed E-state index contributed by atoms with van der Waals surface area (Å²) in [6.45, 7) is 0. The Morgan fingerprint density at radius 2 is 0.506 bits per heavy atom. The average Bonchev–Trinajstić information content (AvgIpc) is 3.93. The van der Waals surface area contributed by atoms with Gasteiger partial charge in [-0.05, 0) is 173 Å². The highest BCUT2D eigenvalue weighted by molar-refractivity contribution is 6.25. The maximum absolute atomic E-state index is 2.51. The molecular weight excluding hydrogens is 1030 g/mol. The third-order valence-electron chi connectivity index (χ3n) is 18.5. The first-order valence-corrected chi connectivity index (χ1v) is 29.7. The van der Waals surface area contributed by atoms with E-state index in [9.17, 15) is 0 Å². The standard InChI is InChI=1S/C82H53N3/c1-4-28-68-65(25-1)80(53-39-46-57(47-40-53)84-75-33-15-9-21-61(75)62-22-10-16-34-76(62)84)71-50-43-55(51-72(71)81(68)54-41-48-58(49-42-54)85-77-35-17-11-23-63(77)64-24-12-18-36-78(64)85)82-69-29-5-2-26-66(69)79(67-27-3-6-30-70(67)82)52-37-44-56(45-38-52)83-73-31-13-7-19-59(73)60-20-8-14-32-74(60)83/h1-13,15-31,33-51H,14,32H2. The molecule has 0 unspecified atom stereocenters. The summed E-state index contributed by atoms with van der Waals surface area (Å²) in [5, 5.41) is 16.2. The molecule has 3 heterocycles. The van der Waals surface area contributed by atoms with Crippen molar-refractivity contribution < 1.29 is 0 Å². The zero-order chi connectivity index (χ0) is 55.7. The monoisotopic (exact) mass is 1080 g/mol. The lowest BCUT2D eigenvalue weighted by Gasteiger charge is -2.21. The van der Waals surface area contributed by atoms with Crippen molar-refractivity contribution in [3.63, 3.8) is 0 Å². The molecule has 17 aromatic rings. The van der Waals surface area contributed by atoms with Crippen LogP contribution in [-0.4, -0.2) is 13.7 Å². The second-order valence-electron chi connectivity index (χ2n) is 22.9. The molecule has 0 N–H and O–H groups in total. The van der Waals surface area contributed by atoms with Crippen molar-refractivity contribution in [1.82, 2.24) is 13.7 Å². The largest absolute Gasteiger partial charge is 0.313 e. The Bertz CT molecular complexity index is 5470. The van der Waals surface area contributed by atoms with E-state index >= 15 is 0 Å². The van der Waals surface area contributed by atoms with Gasteiger partial charge in [-0.15, -0.1) is 0 Å². The molecule has 0 amide bonds. The summed E-state index contributed by atoms with van der Waals surface area (Å²) in [4.78, 5) is 0. The van der Waals surface area contributed by atoms with Gasteiger partial charge >= 0.3 is 0 Å². The first kappa shape index (κ1) is 47.6. The van der Waals surface area contributed by atoms with Gasteiger partial charge in [-0.3, -0.25) is 0 Å². The van der Waals surface area contributed by atoms with Gasteiger partial charge in [0.2, 0.25) is 0 Å². The second-order valence-corrected chi connectivity index (χ2v) is 22.9. The maximum atomic E-state index is 2.51. The molecule has 0 aliphatic heterocycles. The highest BCUT2D eigenvalue weighted by Crippen LogP contribution is 2.49. The van der Waals surface area contributed by atoms with E-state index in [1.807, 2.05) is 0 Å². The number of nitrogens with zero attached hydrogens (tertiary/aromatic N) is 3. The minimum absolute atomic E-state index is 1.03. The summed E-state index contributed by atoms with van der Waals surface area (Å²) in [7, 11) is 0. The molecule has 18 rings (SSSR count). The van der Waals surface area contributed by atoms with Gasteiger partial charge in [-0.2, -0.15) is 0 Å². The van der Waals surface area contributed by atoms with Crippen LogP contribution < -0.4 is 0 Å². The molecule has 3 heteroatoms. The normalized spacial score (nSPS) is 12.6. The Morgan fingerprint density at radius 1 is 0.224 bits per heavy atom. The van der Waals surface area contributed by atoms with Crippen molar-refractivity contribution >= 4 is 104 Å². The van der Waals surface area contributed by atoms with Crippen LogP contribution in [-0.2, 0) is 6.42 Å². The number of fused-ring (bicyclic) bond motifs is 13. The van der Waals surface area contributed by atoms with E-state index in [0.717, 1.165) is 24.2 Å². The van der Waals surface area contributed by atoms with Gasteiger partial charge in [0.05, 0.1) is 27.6 Å². The summed E-state index contributed by atoms with van der Waals surface area (Å²) in [6, 6.07) is 106. The van der Waals surface area contributed by atoms with Crippen LogP contribution in [0.4, 0.5) is 0 Å². The van der Waals surface area contributed by atoms with E-state index in [1.54, 1.807) is 0 Å². The molecule has 1 aliphatic carbocycles. The Hall–Kier alpha value is -11.0. The van der Waals surface area contributed by atoms with Crippen LogP contribution in [0.5, 0.6) is 0 Å². The van der Waals surface area contributed by atoms with E-state index in [0.29, 0.717) is 0 Å². The zero-order valence-electron chi connectivity index (χ0n) is 46.5. The third-order valence-corrected chi connectivity index (χ3v) is 18.5. The SMILES string of the molecule is C1=Cc2c(n(-c3ccc(-c4c5ccccc5c(-c5ccc6c(-c7ccc(-n8c9ccccc9c9ccccc98)cc7)c7ccccc7c(-c7ccc(-n8c9ccccc9c9ccccc98)cc7)c6c5)c5ccccc45)cc3)c3ccccc23)CC1. The Morgan fingerprint density at radius 3 is 0.894 bits per heavy atom. The molecule has 0 saturated carbocycles. The molecule has 0 bridgehead atoms. The Kier molecular flexibility index (Phi) is 10.5. The molecule has 0 atom stereocenters. The van der Waals surface area contributed by atoms with E-state index < -0.39 is 0 Å². The molecule has 0 radical (unpaired) electrons. The highest BCUT2D eigenvalue weighted by atomic mass is 15.0. The average molecular weight is 1080 g/mol. The lowest BCUT2D eigenvalue weighted by molar-refractivity contribution is 0.888. The number of para-hydroxylation sites is 5. The Balaban J connectivity index is 0.844. The van der Waals surface area contributed by atoms with E-state index in [4.69, 9.17) is 0 Å². The fraction of sp³-hybridized carbons (Fsp3) is 0.0244. The quantitative estimate of drug-likeness (QED) is 0.141. The first-order valence-electron chi connectivity index (χ1n) is 29.7. The molecule has 1 aliphatic rings. The number of hydrogen-bond donors (Lipinski definition) is 0. The van der Waals surface area contributed by atoms with Crippen LogP contribution >= 0.6 is 0 Å². The maximum Gasteiger partial charge on any atom is 0.0541 e. The summed E-state index contributed by atoms with van der Waals surface area (Å²) in [5.74, 6) is 0. The topological polar surface area (TPSA) is 14.8 Å². The predicted molar refractivity (Wildman–Crippen MR) is 361 cm³/mol. The number of allylic oxidation sites excluding steroid dienone is 1. The van der Waals surface area contributed by atoms with Gasteiger partial charge in [0.15, 0.2) is 0 Å². The van der Waals surface area contributed by atoms with Crippen molar-refractivity contribution in [3.8, 4) is 61.6 Å². The van der Waals surface area contributed by atoms with Crippen molar-refractivity contribution in [1.29, 1.82) is 0 Å². The minimum Gasteiger partial charge on any atom is -0.313 e. The van der Waals surface area contributed by atoms with E-state index in [1.165, 1.54) is 159 Å². The van der Waals surface area contributed by atoms with Crippen LogP contribution in [0, 0.1) is 0 Å². The number of aromatic nitrogens is 3. The van der Waals surface area contributed by atoms with Gasteiger partial charge in [0, 0.05) is 55.3 Å². The Labute approximate surface area is 491 Å². The van der Waals surface area contributed by atoms with Crippen LogP contribution in [0.2, 0.25) is 0 Å². The molecule has 3 aromatic heterocycles. The zero-order valence-corrected chi connectivity index (χ0v) is 46.5. The van der Waals surface area contributed by atoms with Gasteiger partial charge < -0.3 is 13.7 Å². The highest BCUT2D eigenvalue weighted by Gasteiger charge is 2.24. The van der Waals surface area contributed by atoms with Gasteiger partial charge in [0.1, 0.15) is 0 Å². The number of rotatable bonds is 7. The molecule has 396 valence electrons. The van der Waals surface area contributed by atoms with Crippen molar-refractivity contribution in [2.24, 2.45) is 0 Å². The molecule has 3 nitrogen and oxygen atoms in total. The fourth-order valence-electron chi connectivity index (χ4n) is 14.9. The molecule has 0 saturated heterocycles. The lowest BCUT2D eigenvalue weighted by Crippen LogP contribution is -2.02. The van der Waals surface area contributed by atoms with Crippen LogP contribution in [0.1, 0.15) is 17.7 Å². The molecule has 0 spiro atoms. The summed E-state index contributed by atoms with van der Waals surface area (Å²) < 4.78 is 7.31. The second kappa shape index (κ2) is 18.8. The molecule has 85 heavy (non-hydrogen) atoms. The summed E-state index contributed by atoms with van der Waals surface area (Å²) in [6.07, 6.45) is 6.72. The van der Waals surface area contributed by atoms with Gasteiger partial charge in [-0.1, -0.05) is 224 Å². The number of hydrogen-bond acceptors (Lipinski definition) is 0. The number of benzene rings is 14. The van der Waals surface area contributed by atoms with Crippen LogP contribution in [0.3, 0.4) is 0 Å². The fourth-order valence-corrected chi connectivity index (χ4v) is 14.9. The smallest absolute Gasteiger partial charge is 0.0541 e. The van der Waals surface area contributed by atoms with E-state index in [-0.39, 0.29) is 0 Å². The molecule has 0 fully saturated rings. The molecule has 14 aromatic carbocycles. The third kappa shape index (κ3) is 7.14. The lowest BCUT2D eigenvalue weighted by atomic mass is 9.82. The molecular formula is C82H53N3. The first-order chi connectivity index (χ1) is 42.2. The van der Waals surface area contributed by atoms with Gasteiger partial charge in [0.25, 0.3) is 0 Å². The van der Waals surface area contributed by atoms with Crippen LogP contribution in [0.25, 0.3) is 165 Å². The summed E-state index contributed by atoms with van der Waals surface area (Å²) >= 11 is 0. The van der Waals surface area contributed by atoms with Crippen molar-refractivity contribution in [2.75, 3.05) is 0 Å². The summed E-state index contributed by atoms with van der Waals surface area (Å²) in [5.41, 5.74) is 22.0. The van der Waals surface area contributed by atoms with Crippen LogP contribution in [0.15, 0.2) is 291 Å². The van der Waals surface area contributed by atoms with E-state index in [2.05, 4.69) is 311 Å². The van der Waals surface area contributed by atoms with Crippen molar-refractivity contribution in [3.05, 3.63) is 302 Å².